The number of likely N-dealkylation sites (tertiary alicyclic amines) is 1. The van der Waals surface area contributed by atoms with Crippen LogP contribution in [0, 0.1) is 0 Å². The maximum atomic E-state index is 8.84. The second kappa shape index (κ2) is 7.10. The fourth-order valence-electron chi connectivity index (χ4n) is 2.50. The van der Waals surface area contributed by atoms with E-state index >= 15 is 0 Å². The smallest absolute Gasteiger partial charge is 0.0556 e. The molecule has 1 atom stereocenters. The van der Waals surface area contributed by atoms with Crippen LogP contribution in [0.25, 0.3) is 0 Å². The quantitative estimate of drug-likeness (QED) is 0.856. The molecular weight excluding hydrogens is 248 g/mol. The van der Waals surface area contributed by atoms with Crippen molar-refractivity contribution >= 4 is 11.6 Å². The lowest BCUT2D eigenvalue weighted by atomic mass is 10.0. The molecule has 1 heterocycles. The first-order chi connectivity index (χ1) is 8.79. The SMILES string of the molecule is OCCNC1CCCN(Cc2ccccc2Cl)C1. The van der Waals surface area contributed by atoms with Crippen LogP contribution in [0.4, 0.5) is 0 Å². The van der Waals surface area contributed by atoms with Crippen LogP contribution in [0.2, 0.25) is 5.02 Å². The molecule has 1 saturated heterocycles. The molecule has 1 aromatic rings. The molecule has 1 fully saturated rings. The Labute approximate surface area is 114 Å². The van der Waals surface area contributed by atoms with Crippen molar-refractivity contribution in [1.29, 1.82) is 0 Å². The number of hydrogen-bond acceptors (Lipinski definition) is 3. The number of hydrogen-bond donors (Lipinski definition) is 2. The van der Waals surface area contributed by atoms with Crippen LogP contribution in [0.15, 0.2) is 24.3 Å². The first-order valence-electron chi connectivity index (χ1n) is 6.59. The van der Waals surface area contributed by atoms with Crippen LogP contribution in [-0.2, 0) is 6.54 Å². The predicted molar refractivity (Wildman–Crippen MR) is 74.8 cm³/mol. The maximum absolute atomic E-state index is 8.84. The van der Waals surface area contributed by atoms with Crippen LogP contribution in [0.1, 0.15) is 18.4 Å². The largest absolute Gasteiger partial charge is 0.395 e. The van der Waals surface area contributed by atoms with Gasteiger partial charge < -0.3 is 10.4 Å². The van der Waals surface area contributed by atoms with Gasteiger partial charge in [0.25, 0.3) is 0 Å². The molecule has 1 aliphatic heterocycles. The normalized spacial score (nSPS) is 21.1. The number of nitrogens with zero attached hydrogens (tertiary/aromatic N) is 1. The molecule has 100 valence electrons. The Hall–Kier alpha value is -0.610. The van der Waals surface area contributed by atoms with Gasteiger partial charge >= 0.3 is 0 Å². The first kappa shape index (κ1) is 13.8. The van der Waals surface area contributed by atoms with E-state index in [1.807, 2.05) is 18.2 Å². The average molecular weight is 269 g/mol. The van der Waals surface area contributed by atoms with Gasteiger partial charge in [0.15, 0.2) is 0 Å². The molecule has 2 rings (SSSR count). The summed E-state index contributed by atoms with van der Waals surface area (Å²) in [6.45, 7) is 3.97. The summed E-state index contributed by atoms with van der Waals surface area (Å²) in [6, 6.07) is 8.53. The highest BCUT2D eigenvalue weighted by molar-refractivity contribution is 6.31. The molecule has 3 nitrogen and oxygen atoms in total. The van der Waals surface area contributed by atoms with Crippen LogP contribution in [0.5, 0.6) is 0 Å². The topological polar surface area (TPSA) is 35.5 Å². The molecule has 0 saturated carbocycles. The number of nitrogens with one attached hydrogen (secondary N) is 1. The minimum atomic E-state index is 0.209. The van der Waals surface area contributed by atoms with Gasteiger partial charge in [0.1, 0.15) is 0 Å². The third kappa shape index (κ3) is 3.95. The Kier molecular flexibility index (Phi) is 5.45. The lowest BCUT2D eigenvalue weighted by molar-refractivity contribution is 0.177. The van der Waals surface area contributed by atoms with Crippen molar-refractivity contribution in [2.45, 2.75) is 25.4 Å². The van der Waals surface area contributed by atoms with E-state index in [9.17, 15) is 0 Å². The third-order valence-electron chi connectivity index (χ3n) is 3.40. The Morgan fingerprint density at radius 1 is 1.39 bits per heavy atom. The van der Waals surface area contributed by atoms with E-state index in [0.717, 1.165) is 24.7 Å². The van der Waals surface area contributed by atoms with Crippen molar-refractivity contribution in [3.8, 4) is 0 Å². The predicted octanol–water partition coefficient (Wildman–Crippen LogP) is 1.89. The Bertz CT molecular complexity index is 373. The van der Waals surface area contributed by atoms with Gasteiger partial charge in [-0.15, -0.1) is 0 Å². The van der Waals surface area contributed by atoms with Crippen molar-refractivity contribution < 1.29 is 5.11 Å². The molecule has 0 aliphatic carbocycles. The van der Waals surface area contributed by atoms with Gasteiger partial charge in [-0.1, -0.05) is 29.8 Å². The molecule has 1 aliphatic rings. The van der Waals surface area contributed by atoms with Gasteiger partial charge in [0, 0.05) is 30.7 Å². The van der Waals surface area contributed by atoms with E-state index in [4.69, 9.17) is 16.7 Å². The van der Waals surface area contributed by atoms with Crippen LogP contribution in [-0.4, -0.2) is 42.3 Å². The molecular formula is C14H21ClN2O. The highest BCUT2D eigenvalue weighted by Crippen LogP contribution is 2.19. The molecule has 1 aromatic carbocycles. The van der Waals surface area contributed by atoms with Gasteiger partial charge in [-0.05, 0) is 31.0 Å². The molecule has 1 unspecified atom stereocenters. The van der Waals surface area contributed by atoms with E-state index in [2.05, 4.69) is 16.3 Å². The molecule has 0 spiro atoms. The number of aliphatic hydroxyl groups is 1. The van der Waals surface area contributed by atoms with Crippen molar-refractivity contribution in [2.75, 3.05) is 26.2 Å². The van der Waals surface area contributed by atoms with E-state index in [-0.39, 0.29) is 6.61 Å². The van der Waals surface area contributed by atoms with Gasteiger partial charge in [-0.3, -0.25) is 4.90 Å². The number of benzene rings is 1. The summed E-state index contributed by atoms with van der Waals surface area (Å²) in [7, 11) is 0. The number of rotatable bonds is 5. The Morgan fingerprint density at radius 2 is 2.22 bits per heavy atom. The van der Waals surface area contributed by atoms with Crippen molar-refractivity contribution in [1.82, 2.24) is 10.2 Å². The number of halogens is 1. The highest BCUT2D eigenvalue weighted by atomic mass is 35.5. The summed E-state index contributed by atoms with van der Waals surface area (Å²) < 4.78 is 0. The summed E-state index contributed by atoms with van der Waals surface area (Å²) >= 11 is 6.19. The minimum absolute atomic E-state index is 0.209. The fourth-order valence-corrected chi connectivity index (χ4v) is 2.70. The second-order valence-electron chi connectivity index (χ2n) is 4.84. The van der Waals surface area contributed by atoms with Crippen molar-refractivity contribution in [2.24, 2.45) is 0 Å². The lowest BCUT2D eigenvalue weighted by Crippen LogP contribution is -2.46. The first-order valence-corrected chi connectivity index (χ1v) is 6.97. The van der Waals surface area contributed by atoms with E-state index in [0.29, 0.717) is 12.6 Å². The standard InChI is InChI=1S/C14H21ClN2O/c15-14-6-2-1-4-12(14)10-17-8-3-5-13(11-17)16-7-9-18/h1-2,4,6,13,16,18H,3,5,7-11H2. The summed E-state index contributed by atoms with van der Waals surface area (Å²) in [5, 5.41) is 13.1. The zero-order valence-electron chi connectivity index (χ0n) is 10.6. The highest BCUT2D eigenvalue weighted by Gasteiger charge is 2.19. The minimum Gasteiger partial charge on any atom is -0.395 e. The van der Waals surface area contributed by atoms with Gasteiger partial charge in [0.2, 0.25) is 0 Å². The Morgan fingerprint density at radius 3 is 3.00 bits per heavy atom. The molecule has 0 amide bonds. The number of aliphatic hydroxyl groups excluding tert-OH is 1. The van der Waals surface area contributed by atoms with E-state index in [1.165, 1.54) is 18.4 Å². The summed E-state index contributed by atoms with van der Waals surface area (Å²) in [4.78, 5) is 2.43. The molecule has 18 heavy (non-hydrogen) atoms. The van der Waals surface area contributed by atoms with Gasteiger partial charge in [-0.25, -0.2) is 0 Å². The van der Waals surface area contributed by atoms with Crippen molar-refractivity contribution in [3.63, 3.8) is 0 Å². The molecule has 4 heteroatoms. The van der Waals surface area contributed by atoms with Gasteiger partial charge in [0.05, 0.1) is 6.61 Å². The monoisotopic (exact) mass is 268 g/mol. The zero-order chi connectivity index (χ0) is 12.8. The average Bonchev–Trinajstić information content (AvgIpc) is 2.40. The van der Waals surface area contributed by atoms with Crippen LogP contribution < -0.4 is 5.32 Å². The third-order valence-corrected chi connectivity index (χ3v) is 3.77. The Balaban J connectivity index is 1.87. The summed E-state index contributed by atoms with van der Waals surface area (Å²) in [6.07, 6.45) is 2.40. The van der Waals surface area contributed by atoms with E-state index < -0.39 is 0 Å². The molecule has 2 N–H and O–H groups in total. The lowest BCUT2D eigenvalue weighted by Gasteiger charge is -2.33. The summed E-state index contributed by atoms with van der Waals surface area (Å²) in [5.41, 5.74) is 1.20. The molecule has 0 bridgehead atoms. The second-order valence-corrected chi connectivity index (χ2v) is 5.25. The maximum Gasteiger partial charge on any atom is 0.0556 e. The molecule has 0 radical (unpaired) electrons. The zero-order valence-corrected chi connectivity index (χ0v) is 11.4. The van der Waals surface area contributed by atoms with Crippen LogP contribution >= 0.6 is 11.6 Å². The summed E-state index contributed by atoms with van der Waals surface area (Å²) in [5.74, 6) is 0. The van der Waals surface area contributed by atoms with Crippen molar-refractivity contribution in [3.05, 3.63) is 34.9 Å². The van der Waals surface area contributed by atoms with E-state index in [1.54, 1.807) is 0 Å². The number of piperidine rings is 1. The van der Waals surface area contributed by atoms with Gasteiger partial charge in [-0.2, -0.15) is 0 Å². The fraction of sp³-hybridized carbons (Fsp3) is 0.571. The van der Waals surface area contributed by atoms with Crippen LogP contribution in [0.3, 0.4) is 0 Å². The molecule has 0 aromatic heterocycles.